The number of nitro groups is 1. The van der Waals surface area contributed by atoms with Crippen LogP contribution in [-0.2, 0) is 11.3 Å². The molecule has 0 amide bonds. The summed E-state index contributed by atoms with van der Waals surface area (Å²) < 4.78 is 5.59. The van der Waals surface area contributed by atoms with Crippen LogP contribution in [0.3, 0.4) is 0 Å². The molecule has 118 valence electrons. The molecule has 0 unspecified atom stereocenters. The number of nitro benzene ring substituents is 1. The summed E-state index contributed by atoms with van der Waals surface area (Å²) in [6.45, 7) is 5.92. The number of unbranched alkanes of at least 4 members (excludes halogenated alkanes) is 4. The minimum absolute atomic E-state index is 0.112. The molecule has 0 fully saturated rings. The number of rotatable bonds is 11. The van der Waals surface area contributed by atoms with Crippen LogP contribution in [0.15, 0.2) is 18.2 Å². The molecule has 21 heavy (non-hydrogen) atoms. The van der Waals surface area contributed by atoms with Crippen LogP contribution < -0.4 is 5.32 Å². The first kappa shape index (κ1) is 17.4. The third-order valence-corrected chi connectivity index (χ3v) is 3.29. The van der Waals surface area contributed by atoms with Gasteiger partial charge in [0.2, 0.25) is 0 Å². The summed E-state index contributed by atoms with van der Waals surface area (Å²) in [5.41, 5.74) is 1.52. The fraction of sp³-hybridized carbons (Fsp3) is 0.625. The summed E-state index contributed by atoms with van der Waals surface area (Å²) in [5, 5.41) is 14.0. The number of hydrogen-bond acceptors (Lipinski definition) is 4. The van der Waals surface area contributed by atoms with Gasteiger partial charge in [0, 0.05) is 19.2 Å². The van der Waals surface area contributed by atoms with Gasteiger partial charge in [0.1, 0.15) is 5.69 Å². The molecule has 0 aliphatic rings. The zero-order valence-corrected chi connectivity index (χ0v) is 13.1. The summed E-state index contributed by atoms with van der Waals surface area (Å²) >= 11 is 0. The van der Waals surface area contributed by atoms with Crippen molar-refractivity contribution < 1.29 is 9.66 Å². The van der Waals surface area contributed by atoms with Gasteiger partial charge in [-0.3, -0.25) is 10.1 Å². The number of ether oxygens (including phenoxy) is 1. The Morgan fingerprint density at radius 3 is 2.62 bits per heavy atom. The second kappa shape index (κ2) is 10.2. The Labute approximate surface area is 126 Å². The van der Waals surface area contributed by atoms with E-state index >= 15 is 0 Å². The van der Waals surface area contributed by atoms with Crippen molar-refractivity contribution in [3.05, 3.63) is 33.9 Å². The molecule has 0 bridgehead atoms. The van der Waals surface area contributed by atoms with E-state index in [1.54, 1.807) is 12.1 Å². The van der Waals surface area contributed by atoms with E-state index in [4.69, 9.17) is 4.74 Å². The van der Waals surface area contributed by atoms with Crippen molar-refractivity contribution in [3.8, 4) is 0 Å². The Balaban J connectivity index is 2.41. The predicted octanol–water partition coefficient (Wildman–Crippen LogP) is 4.51. The highest BCUT2D eigenvalue weighted by Gasteiger charge is 2.13. The van der Waals surface area contributed by atoms with Crippen molar-refractivity contribution in [2.45, 2.75) is 52.6 Å². The maximum atomic E-state index is 11.1. The van der Waals surface area contributed by atoms with E-state index in [-0.39, 0.29) is 10.6 Å². The monoisotopic (exact) mass is 294 g/mol. The lowest BCUT2D eigenvalue weighted by atomic mass is 10.1. The lowest BCUT2D eigenvalue weighted by Crippen LogP contribution is -2.03. The summed E-state index contributed by atoms with van der Waals surface area (Å²) in [6.07, 6.45) is 6.01. The van der Waals surface area contributed by atoms with Crippen molar-refractivity contribution in [2.24, 2.45) is 0 Å². The van der Waals surface area contributed by atoms with Crippen LogP contribution in [0.5, 0.6) is 0 Å². The largest absolute Gasteiger partial charge is 0.380 e. The van der Waals surface area contributed by atoms with Crippen molar-refractivity contribution in [1.82, 2.24) is 0 Å². The number of nitrogens with one attached hydrogen (secondary N) is 1. The van der Waals surface area contributed by atoms with Gasteiger partial charge in [-0.1, -0.05) is 38.7 Å². The second-order valence-corrected chi connectivity index (χ2v) is 5.11. The molecular weight excluding hydrogens is 268 g/mol. The first-order valence-corrected chi connectivity index (χ1v) is 7.78. The first-order valence-electron chi connectivity index (χ1n) is 7.78. The molecule has 1 N–H and O–H groups in total. The maximum Gasteiger partial charge on any atom is 0.292 e. The van der Waals surface area contributed by atoms with E-state index in [1.807, 2.05) is 13.0 Å². The van der Waals surface area contributed by atoms with Crippen molar-refractivity contribution in [2.75, 3.05) is 18.5 Å². The average Bonchev–Trinajstić information content (AvgIpc) is 2.47. The fourth-order valence-corrected chi connectivity index (χ4v) is 2.16. The van der Waals surface area contributed by atoms with Gasteiger partial charge in [-0.2, -0.15) is 0 Å². The summed E-state index contributed by atoms with van der Waals surface area (Å²) in [4.78, 5) is 10.7. The van der Waals surface area contributed by atoms with Gasteiger partial charge in [-0.25, -0.2) is 0 Å². The number of nitrogens with zero attached hydrogens (tertiary/aromatic N) is 1. The smallest absolute Gasteiger partial charge is 0.292 e. The molecule has 0 aliphatic carbocycles. The van der Waals surface area contributed by atoms with E-state index in [0.29, 0.717) is 25.4 Å². The normalized spacial score (nSPS) is 10.6. The Hall–Kier alpha value is -1.62. The Morgan fingerprint density at radius 2 is 1.95 bits per heavy atom. The van der Waals surface area contributed by atoms with Gasteiger partial charge >= 0.3 is 0 Å². The van der Waals surface area contributed by atoms with E-state index in [9.17, 15) is 10.1 Å². The molecule has 0 saturated carbocycles. The average molecular weight is 294 g/mol. The van der Waals surface area contributed by atoms with E-state index < -0.39 is 0 Å². The van der Waals surface area contributed by atoms with Crippen LogP contribution in [0.25, 0.3) is 0 Å². The summed E-state index contributed by atoms with van der Waals surface area (Å²) in [6, 6.07) is 5.22. The van der Waals surface area contributed by atoms with Crippen LogP contribution >= 0.6 is 0 Å². The minimum atomic E-state index is -0.355. The Morgan fingerprint density at radius 1 is 1.19 bits per heavy atom. The molecule has 0 spiro atoms. The molecule has 5 nitrogen and oxygen atoms in total. The zero-order valence-electron chi connectivity index (χ0n) is 13.1. The van der Waals surface area contributed by atoms with Gasteiger partial charge in [0.25, 0.3) is 5.69 Å². The number of anilines is 1. The molecule has 0 heterocycles. The van der Waals surface area contributed by atoms with Gasteiger partial charge < -0.3 is 10.1 Å². The van der Waals surface area contributed by atoms with E-state index in [1.165, 1.54) is 25.7 Å². The van der Waals surface area contributed by atoms with Crippen LogP contribution in [0.2, 0.25) is 0 Å². The molecule has 1 aromatic rings. The first-order chi connectivity index (χ1) is 10.2. The van der Waals surface area contributed by atoms with E-state index in [0.717, 1.165) is 12.0 Å². The third kappa shape index (κ3) is 6.58. The van der Waals surface area contributed by atoms with Crippen LogP contribution in [-0.4, -0.2) is 18.1 Å². The Bertz CT molecular complexity index is 436. The topological polar surface area (TPSA) is 64.4 Å². The van der Waals surface area contributed by atoms with Crippen molar-refractivity contribution >= 4 is 11.4 Å². The third-order valence-electron chi connectivity index (χ3n) is 3.29. The Kier molecular flexibility index (Phi) is 8.43. The summed E-state index contributed by atoms with van der Waals surface area (Å²) in [7, 11) is 0. The molecule has 5 heteroatoms. The lowest BCUT2D eigenvalue weighted by molar-refractivity contribution is -0.384. The standard InChI is InChI=1S/C16H26N2O3/c1-3-5-6-7-8-11-21-13-14-9-10-15(17-4-2)16(12-14)18(19)20/h9-10,12,17H,3-8,11,13H2,1-2H3. The molecule has 1 rings (SSSR count). The SMILES string of the molecule is CCCCCCCOCc1ccc(NCC)c([N+](=O)[O-])c1. The van der Waals surface area contributed by atoms with Crippen molar-refractivity contribution in [1.29, 1.82) is 0 Å². The molecule has 0 atom stereocenters. The van der Waals surface area contributed by atoms with Crippen molar-refractivity contribution in [3.63, 3.8) is 0 Å². The highest BCUT2D eigenvalue weighted by Crippen LogP contribution is 2.25. The zero-order chi connectivity index (χ0) is 15.5. The van der Waals surface area contributed by atoms with Gasteiger partial charge in [0.05, 0.1) is 11.5 Å². The molecular formula is C16H26N2O3. The van der Waals surface area contributed by atoms with Crippen LogP contribution in [0.1, 0.15) is 51.5 Å². The second-order valence-electron chi connectivity index (χ2n) is 5.11. The molecule has 0 saturated heterocycles. The van der Waals surface area contributed by atoms with Gasteiger partial charge in [-0.05, 0) is 25.0 Å². The highest BCUT2D eigenvalue weighted by atomic mass is 16.6. The molecule has 0 radical (unpaired) electrons. The molecule has 0 aliphatic heterocycles. The number of benzene rings is 1. The van der Waals surface area contributed by atoms with Crippen LogP contribution in [0, 0.1) is 10.1 Å². The van der Waals surface area contributed by atoms with Crippen LogP contribution in [0.4, 0.5) is 11.4 Å². The van der Waals surface area contributed by atoms with Gasteiger partial charge in [-0.15, -0.1) is 0 Å². The number of hydrogen-bond donors (Lipinski definition) is 1. The fourth-order valence-electron chi connectivity index (χ4n) is 2.16. The highest BCUT2D eigenvalue weighted by molar-refractivity contribution is 5.62. The molecule has 0 aromatic heterocycles. The van der Waals surface area contributed by atoms with Gasteiger partial charge in [0.15, 0.2) is 0 Å². The maximum absolute atomic E-state index is 11.1. The van der Waals surface area contributed by atoms with E-state index in [2.05, 4.69) is 12.2 Å². The predicted molar refractivity (Wildman–Crippen MR) is 85.7 cm³/mol. The minimum Gasteiger partial charge on any atom is -0.380 e. The summed E-state index contributed by atoms with van der Waals surface area (Å²) in [5.74, 6) is 0. The lowest BCUT2D eigenvalue weighted by Gasteiger charge is -2.08. The quantitative estimate of drug-likeness (QED) is 0.370. The molecule has 1 aromatic carbocycles.